The van der Waals surface area contributed by atoms with Crippen molar-refractivity contribution in [3.63, 3.8) is 0 Å². The van der Waals surface area contributed by atoms with E-state index in [1.165, 1.54) is 24.8 Å². The summed E-state index contributed by atoms with van der Waals surface area (Å²) in [5.74, 6) is -0.136. The standard InChI is InChI=1S/C31H40N8O/c1-31(30(40)34-26-7-8-27(33-20-26)22-38-10-4-3-5-11-38)28-17-24(6-9-29(28)35-36-31)25-16-23(18-32-19-25)21-39-14-12-37(2)13-15-39/h6-9,16-20,35-36H,3-5,10-15,21-22H2,1-2H3,(H,34,40). The lowest BCUT2D eigenvalue weighted by Crippen LogP contribution is -2.47. The Morgan fingerprint density at radius 3 is 2.48 bits per heavy atom. The molecule has 2 saturated heterocycles. The summed E-state index contributed by atoms with van der Waals surface area (Å²) >= 11 is 0. The minimum Gasteiger partial charge on any atom is -0.323 e. The van der Waals surface area contributed by atoms with E-state index in [1.54, 1.807) is 6.20 Å². The van der Waals surface area contributed by atoms with Gasteiger partial charge in [0.1, 0.15) is 5.54 Å². The molecular weight excluding hydrogens is 500 g/mol. The average Bonchev–Trinajstić information content (AvgIpc) is 3.33. The van der Waals surface area contributed by atoms with Gasteiger partial charge in [-0.05, 0) is 81.4 Å². The van der Waals surface area contributed by atoms with E-state index in [2.05, 4.69) is 66.1 Å². The number of nitrogens with zero attached hydrogens (tertiary/aromatic N) is 5. The van der Waals surface area contributed by atoms with Crippen LogP contribution in [0.1, 0.15) is 43.0 Å². The molecule has 3 aliphatic heterocycles. The zero-order valence-corrected chi connectivity index (χ0v) is 23.6. The van der Waals surface area contributed by atoms with Gasteiger partial charge in [-0.1, -0.05) is 12.5 Å². The minimum absolute atomic E-state index is 0.136. The smallest absolute Gasteiger partial charge is 0.250 e. The molecule has 9 nitrogen and oxygen atoms in total. The molecule has 9 heteroatoms. The Morgan fingerprint density at radius 2 is 1.70 bits per heavy atom. The highest BCUT2D eigenvalue weighted by Crippen LogP contribution is 2.37. The Kier molecular flexibility index (Phi) is 7.80. The van der Waals surface area contributed by atoms with Crippen molar-refractivity contribution in [3.8, 4) is 11.1 Å². The maximum atomic E-state index is 13.6. The molecule has 0 saturated carbocycles. The first-order valence-electron chi connectivity index (χ1n) is 14.5. The van der Waals surface area contributed by atoms with Crippen molar-refractivity contribution < 1.29 is 4.79 Å². The van der Waals surface area contributed by atoms with Gasteiger partial charge in [0.05, 0.1) is 23.3 Å². The summed E-state index contributed by atoms with van der Waals surface area (Å²) in [7, 11) is 2.18. The first kappa shape index (κ1) is 26.8. The highest BCUT2D eigenvalue weighted by Gasteiger charge is 2.41. The molecule has 0 bridgehead atoms. The molecule has 0 spiro atoms. The van der Waals surface area contributed by atoms with Crippen LogP contribution in [0.4, 0.5) is 11.4 Å². The molecule has 0 aliphatic carbocycles. The Labute approximate surface area is 237 Å². The number of likely N-dealkylation sites (tertiary alicyclic amines) is 1. The van der Waals surface area contributed by atoms with Crippen molar-refractivity contribution >= 4 is 17.3 Å². The van der Waals surface area contributed by atoms with Crippen LogP contribution in [0, 0.1) is 0 Å². The van der Waals surface area contributed by atoms with Crippen molar-refractivity contribution in [3.05, 3.63) is 71.8 Å². The molecule has 2 aromatic heterocycles. The summed E-state index contributed by atoms with van der Waals surface area (Å²) < 4.78 is 0. The molecule has 1 amide bonds. The van der Waals surface area contributed by atoms with Gasteiger partial charge in [-0.2, -0.15) is 0 Å². The van der Waals surface area contributed by atoms with E-state index in [9.17, 15) is 4.79 Å². The summed E-state index contributed by atoms with van der Waals surface area (Å²) in [4.78, 5) is 30.0. The number of rotatable bonds is 7. The van der Waals surface area contributed by atoms with Crippen LogP contribution in [-0.2, 0) is 23.4 Å². The van der Waals surface area contributed by atoms with Gasteiger partial charge in [0.25, 0.3) is 5.91 Å². The number of pyridine rings is 2. The van der Waals surface area contributed by atoms with E-state index in [0.717, 1.165) is 80.4 Å². The number of likely N-dealkylation sites (N-methyl/N-ethyl adjacent to an activating group) is 1. The summed E-state index contributed by atoms with van der Waals surface area (Å²) in [5.41, 5.74) is 12.3. The molecule has 1 aromatic carbocycles. The first-order chi connectivity index (χ1) is 19.5. The second kappa shape index (κ2) is 11.6. The Balaban J connectivity index is 1.15. The second-order valence-electron chi connectivity index (χ2n) is 11.6. The summed E-state index contributed by atoms with van der Waals surface area (Å²) in [6.07, 6.45) is 9.46. The van der Waals surface area contributed by atoms with Crippen molar-refractivity contribution in [2.24, 2.45) is 0 Å². The molecule has 40 heavy (non-hydrogen) atoms. The lowest BCUT2D eigenvalue weighted by atomic mass is 9.89. The van der Waals surface area contributed by atoms with Gasteiger partial charge in [-0.3, -0.25) is 24.6 Å². The molecular formula is C31H40N8O. The third kappa shape index (κ3) is 5.88. The Morgan fingerprint density at radius 1 is 0.900 bits per heavy atom. The fraction of sp³-hybridized carbons (Fsp3) is 0.452. The van der Waals surface area contributed by atoms with Crippen molar-refractivity contribution in [2.45, 2.75) is 44.8 Å². The lowest BCUT2D eigenvalue weighted by Gasteiger charge is -2.32. The SMILES string of the molecule is CN1CCN(Cc2cncc(-c3ccc4c(c3)C(C)(C(=O)Nc3ccc(CN5CCCCC5)nc3)NN4)c2)CC1. The number of carbonyl (C=O) groups excluding carboxylic acids is 1. The third-order valence-corrected chi connectivity index (χ3v) is 8.51. The topological polar surface area (TPSA) is 88.7 Å². The number of fused-ring (bicyclic) bond motifs is 1. The Bertz CT molecular complexity index is 1330. The molecule has 3 aromatic rings. The zero-order chi connectivity index (χ0) is 27.5. The number of nitrogens with one attached hydrogen (secondary N) is 3. The van der Waals surface area contributed by atoms with Crippen LogP contribution in [0.15, 0.2) is 55.0 Å². The summed E-state index contributed by atoms with van der Waals surface area (Å²) in [5, 5.41) is 3.07. The molecule has 2 fully saturated rings. The van der Waals surface area contributed by atoms with Crippen LogP contribution >= 0.6 is 0 Å². The van der Waals surface area contributed by atoms with Gasteiger partial charge < -0.3 is 15.6 Å². The van der Waals surface area contributed by atoms with E-state index in [1.807, 2.05) is 37.5 Å². The molecule has 3 aliphatic rings. The highest BCUT2D eigenvalue weighted by molar-refractivity contribution is 6.00. The van der Waals surface area contributed by atoms with Crippen LogP contribution in [0.2, 0.25) is 0 Å². The third-order valence-electron chi connectivity index (χ3n) is 8.51. The fourth-order valence-electron chi connectivity index (χ4n) is 5.88. The second-order valence-corrected chi connectivity index (χ2v) is 11.6. The van der Waals surface area contributed by atoms with E-state index in [4.69, 9.17) is 0 Å². The van der Waals surface area contributed by atoms with E-state index in [-0.39, 0.29) is 5.91 Å². The zero-order valence-electron chi connectivity index (χ0n) is 23.6. The van der Waals surface area contributed by atoms with Crippen LogP contribution < -0.4 is 16.2 Å². The monoisotopic (exact) mass is 540 g/mol. The number of piperazine rings is 1. The molecule has 0 radical (unpaired) electrons. The number of carbonyl (C=O) groups is 1. The van der Waals surface area contributed by atoms with Crippen molar-refractivity contribution in [2.75, 3.05) is 57.1 Å². The van der Waals surface area contributed by atoms with Gasteiger partial charge in [0.15, 0.2) is 0 Å². The number of piperidine rings is 1. The van der Waals surface area contributed by atoms with Crippen molar-refractivity contribution in [1.29, 1.82) is 0 Å². The largest absolute Gasteiger partial charge is 0.323 e. The van der Waals surface area contributed by atoms with E-state index >= 15 is 0 Å². The first-order valence-corrected chi connectivity index (χ1v) is 14.5. The average molecular weight is 541 g/mol. The molecule has 1 atom stereocenters. The van der Waals surface area contributed by atoms with Gasteiger partial charge in [-0.25, -0.2) is 5.43 Å². The fourth-order valence-corrected chi connectivity index (χ4v) is 5.88. The van der Waals surface area contributed by atoms with Crippen LogP contribution in [-0.4, -0.2) is 76.9 Å². The summed E-state index contributed by atoms with van der Waals surface area (Å²) in [6, 6.07) is 12.4. The molecule has 6 rings (SSSR count). The van der Waals surface area contributed by atoms with E-state index in [0.29, 0.717) is 5.69 Å². The number of benzene rings is 1. The quantitative estimate of drug-likeness (QED) is 0.419. The number of hydrogen-bond acceptors (Lipinski definition) is 8. The van der Waals surface area contributed by atoms with Crippen LogP contribution in [0.3, 0.4) is 0 Å². The maximum Gasteiger partial charge on any atom is 0.250 e. The van der Waals surface area contributed by atoms with Gasteiger partial charge in [0, 0.05) is 62.8 Å². The van der Waals surface area contributed by atoms with Crippen LogP contribution in [0.25, 0.3) is 11.1 Å². The van der Waals surface area contributed by atoms with Crippen LogP contribution in [0.5, 0.6) is 0 Å². The number of aromatic nitrogens is 2. The number of hydrazine groups is 1. The molecule has 3 N–H and O–H groups in total. The van der Waals surface area contributed by atoms with E-state index < -0.39 is 5.54 Å². The number of anilines is 2. The maximum absolute atomic E-state index is 13.6. The number of amides is 1. The lowest BCUT2D eigenvalue weighted by molar-refractivity contribution is -0.121. The van der Waals surface area contributed by atoms with Gasteiger partial charge in [0.2, 0.25) is 0 Å². The summed E-state index contributed by atoms with van der Waals surface area (Å²) in [6.45, 7) is 10.3. The highest BCUT2D eigenvalue weighted by atomic mass is 16.2. The van der Waals surface area contributed by atoms with Crippen molar-refractivity contribution in [1.82, 2.24) is 30.1 Å². The molecule has 1 unspecified atom stereocenters. The predicted molar refractivity (Wildman–Crippen MR) is 159 cm³/mol. The predicted octanol–water partition coefficient (Wildman–Crippen LogP) is 3.66. The normalized spacial score (nSPS) is 22.1. The Hall–Kier alpha value is -3.37. The number of hydrogen-bond donors (Lipinski definition) is 3. The minimum atomic E-state index is -0.942. The van der Waals surface area contributed by atoms with Gasteiger partial charge in [-0.15, -0.1) is 0 Å². The molecule has 210 valence electrons. The molecule has 5 heterocycles. The van der Waals surface area contributed by atoms with Gasteiger partial charge >= 0.3 is 0 Å².